The zero-order chi connectivity index (χ0) is 18.1. The largest absolute Gasteiger partial charge is 0.341 e. The van der Waals surface area contributed by atoms with E-state index in [1.54, 1.807) is 11.8 Å². The first-order valence-corrected chi connectivity index (χ1v) is 11.0. The average Bonchev–Trinajstić information content (AvgIpc) is 2.99. The third-order valence-corrected chi connectivity index (χ3v) is 6.79. The van der Waals surface area contributed by atoms with Gasteiger partial charge >= 0.3 is 0 Å². The summed E-state index contributed by atoms with van der Waals surface area (Å²) < 4.78 is 50.8. The van der Waals surface area contributed by atoms with Crippen LogP contribution in [0.4, 0.5) is 0 Å². The summed E-state index contributed by atoms with van der Waals surface area (Å²) in [6, 6.07) is 3.02. The quantitative estimate of drug-likeness (QED) is 0.817. The molecule has 1 unspecified atom stereocenters. The highest BCUT2D eigenvalue weighted by molar-refractivity contribution is 7.91. The molecular weight excluding hydrogens is 352 g/mol. The van der Waals surface area contributed by atoms with Crippen molar-refractivity contribution in [1.82, 2.24) is 9.62 Å². The molecule has 0 bridgehead atoms. The van der Waals surface area contributed by atoms with Gasteiger partial charge in [0, 0.05) is 19.3 Å². The molecule has 9 heteroatoms. The molecule has 0 aromatic heterocycles. The Hall–Kier alpha value is -1.45. The third kappa shape index (κ3) is 4.14. The Morgan fingerprint density at radius 2 is 1.75 bits per heavy atom. The van der Waals surface area contributed by atoms with Gasteiger partial charge in [-0.05, 0) is 44.4 Å². The normalized spacial score (nSPS) is 17.0. The van der Waals surface area contributed by atoms with Crippen LogP contribution in [-0.2, 0) is 24.7 Å². The summed E-state index contributed by atoms with van der Waals surface area (Å²) in [6.45, 7) is 4.34. The third-order valence-electron chi connectivity index (χ3n) is 4.00. The van der Waals surface area contributed by atoms with Gasteiger partial charge in [0.25, 0.3) is 0 Å². The second kappa shape index (κ2) is 6.81. The molecule has 1 amide bonds. The van der Waals surface area contributed by atoms with Crippen molar-refractivity contribution < 1.29 is 21.6 Å². The molecule has 1 aliphatic heterocycles. The Morgan fingerprint density at radius 3 is 2.29 bits per heavy atom. The molecule has 1 atom stereocenters. The lowest BCUT2D eigenvalue weighted by Crippen LogP contribution is -2.46. The molecule has 0 spiro atoms. The van der Waals surface area contributed by atoms with E-state index in [0.29, 0.717) is 18.7 Å². The molecule has 0 aliphatic carbocycles. The fourth-order valence-corrected chi connectivity index (χ4v) is 4.85. The van der Waals surface area contributed by atoms with Gasteiger partial charge in [0.05, 0.1) is 15.8 Å². The van der Waals surface area contributed by atoms with Crippen molar-refractivity contribution >= 4 is 25.8 Å². The molecule has 1 fully saturated rings. The van der Waals surface area contributed by atoms with Gasteiger partial charge in [0.1, 0.15) is 0 Å². The van der Waals surface area contributed by atoms with Gasteiger partial charge in [0.2, 0.25) is 15.9 Å². The van der Waals surface area contributed by atoms with Crippen molar-refractivity contribution in [3.63, 3.8) is 0 Å². The molecule has 1 saturated heterocycles. The zero-order valence-electron chi connectivity index (χ0n) is 13.9. The maximum atomic E-state index is 12.6. The average molecular weight is 374 g/mol. The van der Waals surface area contributed by atoms with Crippen LogP contribution in [-0.4, -0.2) is 53.0 Å². The summed E-state index contributed by atoms with van der Waals surface area (Å²) in [6.07, 6.45) is 2.85. The van der Waals surface area contributed by atoms with E-state index >= 15 is 0 Å². The van der Waals surface area contributed by atoms with E-state index in [-0.39, 0.29) is 15.7 Å². The molecular formula is C15H22N2O5S2. The second-order valence-electron chi connectivity index (χ2n) is 6.07. The van der Waals surface area contributed by atoms with E-state index in [4.69, 9.17) is 0 Å². The Kier molecular flexibility index (Phi) is 5.36. The summed E-state index contributed by atoms with van der Waals surface area (Å²) in [4.78, 5) is 13.7. The molecule has 0 saturated carbocycles. The monoisotopic (exact) mass is 374 g/mol. The summed E-state index contributed by atoms with van der Waals surface area (Å²) >= 11 is 0. The summed E-state index contributed by atoms with van der Waals surface area (Å²) in [7, 11) is -7.54. The fraction of sp³-hybridized carbons (Fsp3) is 0.533. The minimum absolute atomic E-state index is 0.0769. The van der Waals surface area contributed by atoms with Gasteiger partial charge in [-0.1, -0.05) is 6.07 Å². The lowest BCUT2D eigenvalue weighted by molar-refractivity contribution is -0.131. The van der Waals surface area contributed by atoms with Crippen LogP contribution in [0.2, 0.25) is 0 Å². The molecule has 1 aromatic carbocycles. The highest BCUT2D eigenvalue weighted by Gasteiger charge is 2.28. The first-order valence-electron chi connectivity index (χ1n) is 7.64. The number of sulfone groups is 1. The molecule has 2 rings (SSSR count). The number of hydrogen-bond donors (Lipinski definition) is 1. The molecule has 134 valence electrons. The Bertz CT molecular complexity index is 841. The number of nitrogens with one attached hydrogen (secondary N) is 1. The van der Waals surface area contributed by atoms with Crippen LogP contribution >= 0.6 is 0 Å². The van der Waals surface area contributed by atoms with Gasteiger partial charge < -0.3 is 4.90 Å². The van der Waals surface area contributed by atoms with Crippen molar-refractivity contribution in [2.75, 3.05) is 19.3 Å². The lowest BCUT2D eigenvalue weighted by atomic mass is 10.2. The molecule has 1 N–H and O–H groups in total. The minimum Gasteiger partial charge on any atom is -0.341 e. The predicted molar refractivity (Wildman–Crippen MR) is 89.9 cm³/mol. The molecule has 1 aliphatic rings. The topological polar surface area (TPSA) is 101 Å². The maximum absolute atomic E-state index is 12.6. The maximum Gasteiger partial charge on any atom is 0.241 e. The molecule has 1 aromatic rings. The van der Waals surface area contributed by atoms with Crippen molar-refractivity contribution in [2.45, 2.75) is 42.5 Å². The molecule has 24 heavy (non-hydrogen) atoms. The van der Waals surface area contributed by atoms with E-state index in [2.05, 4.69) is 4.72 Å². The van der Waals surface area contributed by atoms with Gasteiger partial charge in [-0.15, -0.1) is 0 Å². The van der Waals surface area contributed by atoms with Crippen molar-refractivity contribution in [1.29, 1.82) is 0 Å². The predicted octanol–water partition coefficient (Wildman–Crippen LogP) is 0.688. The van der Waals surface area contributed by atoms with E-state index in [0.717, 1.165) is 25.2 Å². The highest BCUT2D eigenvalue weighted by Crippen LogP contribution is 2.20. The number of nitrogens with zero attached hydrogens (tertiary/aromatic N) is 1. The van der Waals surface area contributed by atoms with Crippen LogP contribution in [0, 0.1) is 6.92 Å². The zero-order valence-corrected chi connectivity index (χ0v) is 15.6. The van der Waals surface area contributed by atoms with E-state index in [1.165, 1.54) is 19.1 Å². The smallest absolute Gasteiger partial charge is 0.241 e. The SMILES string of the molecule is Cc1ccc(S(C)(=O)=O)cc1S(=O)(=O)NC(C)C(=O)N1CCCC1. The van der Waals surface area contributed by atoms with Gasteiger partial charge in [-0.25, -0.2) is 16.8 Å². The minimum atomic E-state index is -4.01. The molecule has 0 radical (unpaired) electrons. The van der Waals surface area contributed by atoms with E-state index in [1.807, 2.05) is 0 Å². The molecule has 7 nitrogen and oxygen atoms in total. The van der Waals surface area contributed by atoms with Crippen LogP contribution in [0.5, 0.6) is 0 Å². The van der Waals surface area contributed by atoms with E-state index in [9.17, 15) is 21.6 Å². The van der Waals surface area contributed by atoms with Crippen LogP contribution in [0.3, 0.4) is 0 Å². The van der Waals surface area contributed by atoms with Crippen LogP contribution in [0.1, 0.15) is 25.3 Å². The lowest BCUT2D eigenvalue weighted by Gasteiger charge is -2.21. The van der Waals surface area contributed by atoms with Crippen LogP contribution in [0.25, 0.3) is 0 Å². The Morgan fingerprint density at radius 1 is 1.17 bits per heavy atom. The summed E-state index contributed by atoms with van der Waals surface area (Å²) in [5.74, 6) is -0.270. The van der Waals surface area contributed by atoms with Gasteiger partial charge in [0.15, 0.2) is 9.84 Å². The summed E-state index contributed by atoms with van der Waals surface area (Å²) in [5, 5.41) is 0. The standard InChI is InChI=1S/C15H22N2O5S2/c1-11-6-7-13(23(3,19)20)10-14(11)24(21,22)16-12(2)15(18)17-8-4-5-9-17/h6-7,10,12,16H,4-5,8-9H2,1-3H3. The van der Waals surface area contributed by atoms with Crippen LogP contribution in [0.15, 0.2) is 28.0 Å². The molecule has 1 heterocycles. The van der Waals surface area contributed by atoms with Gasteiger partial charge in [-0.3, -0.25) is 4.79 Å². The van der Waals surface area contributed by atoms with E-state index < -0.39 is 25.9 Å². The number of carbonyl (C=O) groups excluding carboxylic acids is 1. The number of aryl methyl sites for hydroxylation is 1. The highest BCUT2D eigenvalue weighted by atomic mass is 32.2. The Balaban J connectivity index is 2.28. The first kappa shape index (κ1) is 18.9. The Labute approximate surface area is 143 Å². The summed E-state index contributed by atoms with van der Waals surface area (Å²) in [5.41, 5.74) is 0.413. The fourth-order valence-electron chi connectivity index (χ4n) is 2.66. The number of sulfonamides is 1. The number of likely N-dealkylation sites (tertiary alicyclic amines) is 1. The number of amides is 1. The van der Waals surface area contributed by atoms with Gasteiger partial charge in [-0.2, -0.15) is 4.72 Å². The number of hydrogen-bond acceptors (Lipinski definition) is 5. The second-order valence-corrected chi connectivity index (χ2v) is 9.77. The number of carbonyl (C=O) groups is 1. The van der Waals surface area contributed by atoms with Crippen LogP contribution < -0.4 is 4.72 Å². The first-order chi connectivity index (χ1) is 11.0. The van der Waals surface area contributed by atoms with Crippen molar-refractivity contribution in [3.8, 4) is 0 Å². The van der Waals surface area contributed by atoms with Crippen molar-refractivity contribution in [3.05, 3.63) is 23.8 Å². The van der Waals surface area contributed by atoms with Crippen molar-refractivity contribution in [2.24, 2.45) is 0 Å². The number of rotatable bonds is 5. The number of benzene rings is 1.